The second-order valence-electron chi connectivity index (χ2n) is 5.62. The van der Waals surface area contributed by atoms with Crippen LogP contribution >= 0.6 is 0 Å². The Labute approximate surface area is 123 Å². The van der Waals surface area contributed by atoms with Crippen molar-refractivity contribution in [3.63, 3.8) is 0 Å². The molecule has 1 aliphatic rings. The van der Waals surface area contributed by atoms with E-state index in [1.807, 2.05) is 6.33 Å². The fraction of sp³-hybridized carbons (Fsp3) is 0.375. The van der Waals surface area contributed by atoms with Gasteiger partial charge in [-0.15, -0.1) is 0 Å². The number of hydrogen-bond acceptors (Lipinski definition) is 2. The third-order valence-corrected chi connectivity index (χ3v) is 3.88. The zero-order valence-electron chi connectivity index (χ0n) is 12.2. The molecule has 0 N–H and O–H groups in total. The molecule has 0 saturated heterocycles. The highest BCUT2D eigenvalue weighted by atomic mass is 19.1. The third kappa shape index (κ3) is 2.55. The van der Waals surface area contributed by atoms with Gasteiger partial charge in [0, 0.05) is 24.6 Å². The normalized spacial score (nSPS) is 14.4. The van der Waals surface area contributed by atoms with E-state index in [-0.39, 0.29) is 11.7 Å². The first kappa shape index (κ1) is 13.8. The summed E-state index contributed by atoms with van der Waals surface area (Å²) in [5, 5.41) is 0. The molecule has 3 rings (SSSR count). The van der Waals surface area contributed by atoms with Gasteiger partial charge in [0.2, 0.25) is 0 Å². The standard InChI is InChI=1S/C16H18FN3O/c1-11(2)20-10-18-14-7-8-19(9-15(14)20)16(21)12-3-5-13(17)6-4-12/h3-6,10-11H,7-9H2,1-2H3. The van der Waals surface area contributed by atoms with E-state index in [4.69, 9.17) is 0 Å². The van der Waals surface area contributed by atoms with Gasteiger partial charge in [0.05, 0.1) is 24.3 Å². The quantitative estimate of drug-likeness (QED) is 0.852. The van der Waals surface area contributed by atoms with Crippen LogP contribution in [-0.2, 0) is 13.0 Å². The van der Waals surface area contributed by atoms with Crippen molar-refractivity contribution < 1.29 is 9.18 Å². The average molecular weight is 287 g/mol. The highest BCUT2D eigenvalue weighted by Crippen LogP contribution is 2.22. The van der Waals surface area contributed by atoms with E-state index >= 15 is 0 Å². The van der Waals surface area contributed by atoms with Crippen LogP contribution in [0.1, 0.15) is 41.6 Å². The van der Waals surface area contributed by atoms with E-state index in [0.717, 1.165) is 17.8 Å². The number of imidazole rings is 1. The van der Waals surface area contributed by atoms with E-state index in [2.05, 4.69) is 23.4 Å². The SMILES string of the molecule is CC(C)n1cnc2c1CN(C(=O)c1ccc(F)cc1)CC2. The van der Waals surface area contributed by atoms with Gasteiger partial charge in [0.1, 0.15) is 5.82 Å². The lowest BCUT2D eigenvalue weighted by molar-refractivity contribution is 0.0728. The molecule has 1 aromatic carbocycles. The predicted molar refractivity (Wildman–Crippen MR) is 77.5 cm³/mol. The Hall–Kier alpha value is -2.17. The summed E-state index contributed by atoms with van der Waals surface area (Å²) in [5.74, 6) is -0.387. The molecule has 1 aliphatic heterocycles. The van der Waals surface area contributed by atoms with Gasteiger partial charge < -0.3 is 9.47 Å². The van der Waals surface area contributed by atoms with Gasteiger partial charge in [-0.05, 0) is 38.1 Å². The molecule has 0 atom stereocenters. The number of carbonyl (C=O) groups is 1. The van der Waals surface area contributed by atoms with Gasteiger partial charge >= 0.3 is 0 Å². The van der Waals surface area contributed by atoms with Crippen molar-refractivity contribution in [2.75, 3.05) is 6.54 Å². The van der Waals surface area contributed by atoms with Gasteiger partial charge in [0.25, 0.3) is 5.91 Å². The lowest BCUT2D eigenvalue weighted by Gasteiger charge is -2.28. The predicted octanol–water partition coefficient (Wildman–Crippen LogP) is 2.80. The summed E-state index contributed by atoms with van der Waals surface area (Å²) >= 11 is 0. The lowest BCUT2D eigenvalue weighted by Crippen LogP contribution is -2.36. The largest absolute Gasteiger partial charge is 0.332 e. The zero-order valence-corrected chi connectivity index (χ0v) is 12.2. The first-order valence-electron chi connectivity index (χ1n) is 7.15. The van der Waals surface area contributed by atoms with Crippen LogP contribution in [0.5, 0.6) is 0 Å². The highest BCUT2D eigenvalue weighted by Gasteiger charge is 2.25. The Morgan fingerprint density at radius 2 is 2.00 bits per heavy atom. The fourth-order valence-electron chi connectivity index (χ4n) is 2.70. The summed E-state index contributed by atoms with van der Waals surface area (Å²) in [7, 11) is 0. The first-order valence-corrected chi connectivity index (χ1v) is 7.15. The second kappa shape index (κ2) is 5.31. The van der Waals surface area contributed by atoms with E-state index in [9.17, 15) is 9.18 Å². The number of rotatable bonds is 2. The van der Waals surface area contributed by atoms with Gasteiger partial charge in [0.15, 0.2) is 0 Å². The lowest BCUT2D eigenvalue weighted by atomic mass is 10.1. The van der Waals surface area contributed by atoms with Crippen LogP contribution in [0.3, 0.4) is 0 Å². The van der Waals surface area contributed by atoms with Crippen molar-refractivity contribution in [3.05, 3.63) is 53.4 Å². The monoisotopic (exact) mass is 287 g/mol. The minimum atomic E-state index is -0.328. The summed E-state index contributed by atoms with van der Waals surface area (Å²) in [6.07, 6.45) is 2.61. The molecule has 110 valence electrons. The van der Waals surface area contributed by atoms with Gasteiger partial charge in [-0.1, -0.05) is 0 Å². The van der Waals surface area contributed by atoms with Crippen molar-refractivity contribution >= 4 is 5.91 Å². The van der Waals surface area contributed by atoms with Crippen molar-refractivity contribution in [2.24, 2.45) is 0 Å². The van der Waals surface area contributed by atoms with E-state index in [0.29, 0.717) is 24.7 Å². The summed E-state index contributed by atoms with van der Waals surface area (Å²) in [6, 6.07) is 6.03. The number of nitrogens with zero attached hydrogens (tertiary/aromatic N) is 3. The second-order valence-corrected chi connectivity index (χ2v) is 5.62. The van der Waals surface area contributed by atoms with Crippen LogP contribution in [-0.4, -0.2) is 26.9 Å². The minimum Gasteiger partial charge on any atom is -0.332 e. The number of carbonyl (C=O) groups excluding carboxylic acids is 1. The van der Waals surface area contributed by atoms with E-state index < -0.39 is 0 Å². The molecule has 0 unspecified atom stereocenters. The molecule has 0 spiro atoms. The molecular weight excluding hydrogens is 269 g/mol. The molecule has 0 radical (unpaired) electrons. The van der Waals surface area contributed by atoms with Crippen LogP contribution in [0.15, 0.2) is 30.6 Å². The molecule has 21 heavy (non-hydrogen) atoms. The molecule has 1 aromatic heterocycles. The fourth-order valence-corrected chi connectivity index (χ4v) is 2.70. The van der Waals surface area contributed by atoms with E-state index in [1.54, 1.807) is 4.90 Å². The topological polar surface area (TPSA) is 38.1 Å². The van der Waals surface area contributed by atoms with Crippen LogP contribution < -0.4 is 0 Å². The zero-order chi connectivity index (χ0) is 15.0. The number of halogens is 1. The Morgan fingerprint density at radius 3 is 2.67 bits per heavy atom. The summed E-state index contributed by atoms with van der Waals surface area (Å²) in [4.78, 5) is 18.7. The number of amides is 1. The van der Waals surface area contributed by atoms with E-state index in [1.165, 1.54) is 24.3 Å². The Bertz CT molecular complexity index is 661. The first-order chi connectivity index (χ1) is 10.1. The smallest absolute Gasteiger partial charge is 0.254 e. The minimum absolute atomic E-state index is 0.0582. The molecular formula is C16H18FN3O. The van der Waals surface area contributed by atoms with Crippen LogP contribution in [0.2, 0.25) is 0 Å². The van der Waals surface area contributed by atoms with Gasteiger partial charge in [-0.2, -0.15) is 0 Å². The number of fused-ring (bicyclic) bond motifs is 1. The Kier molecular flexibility index (Phi) is 3.49. The van der Waals surface area contributed by atoms with Crippen molar-refractivity contribution in [3.8, 4) is 0 Å². The highest BCUT2D eigenvalue weighted by molar-refractivity contribution is 5.94. The average Bonchev–Trinajstić information content (AvgIpc) is 2.90. The third-order valence-electron chi connectivity index (χ3n) is 3.88. The Morgan fingerprint density at radius 1 is 1.29 bits per heavy atom. The summed E-state index contributed by atoms with van der Waals surface area (Å²) in [5.41, 5.74) is 2.70. The van der Waals surface area contributed by atoms with Crippen LogP contribution in [0, 0.1) is 5.82 Å². The molecule has 0 aliphatic carbocycles. The molecule has 2 heterocycles. The molecule has 5 heteroatoms. The number of benzene rings is 1. The maximum atomic E-state index is 13.0. The van der Waals surface area contributed by atoms with Crippen molar-refractivity contribution in [1.82, 2.24) is 14.5 Å². The molecule has 0 saturated carbocycles. The Balaban J connectivity index is 1.83. The van der Waals surface area contributed by atoms with Crippen LogP contribution in [0.25, 0.3) is 0 Å². The molecule has 0 fully saturated rings. The van der Waals surface area contributed by atoms with Crippen LogP contribution in [0.4, 0.5) is 4.39 Å². The summed E-state index contributed by atoms with van der Waals surface area (Å²) < 4.78 is 15.1. The van der Waals surface area contributed by atoms with Crippen molar-refractivity contribution in [2.45, 2.75) is 32.9 Å². The van der Waals surface area contributed by atoms with Crippen molar-refractivity contribution in [1.29, 1.82) is 0 Å². The molecule has 1 amide bonds. The van der Waals surface area contributed by atoms with Gasteiger partial charge in [-0.25, -0.2) is 9.37 Å². The molecule has 0 bridgehead atoms. The summed E-state index contributed by atoms with van der Waals surface area (Å²) in [6.45, 7) is 5.41. The maximum Gasteiger partial charge on any atom is 0.254 e. The number of hydrogen-bond donors (Lipinski definition) is 0. The maximum absolute atomic E-state index is 13.0. The molecule has 2 aromatic rings. The number of aromatic nitrogens is 2. The molecule has 4 nitrogen and oxygen atoms in total. The van der Waals surface area contributed by atoms with Gasteiger partial charge in [-0.3, -0.25) is 4.79 Å².